The van der Waals surface area contributed by atoms with E-state index in [9.17, 15) is 0 Å². The zero-order chi connectivity index (χ0) is 19.7. The predicted molar refractivity (Wildman–Crippen MR) is 123 cm³/mol. The molecule has 0 heterocycles. The first-order valence-electron chi connectivity index (χ1n) is 11.8. The van der Waals surface area contributed by atoms with Gasteiger partial charge in [0.25, 0.3) is 0 Å². The highest BCUT2D eigenvalue weighted by atomic mass is 79.9. The molecule has 0 amide bonds. The van der Waals surface area contributed by atoms with Crippen molar-refractivity contribution in [1.29, 1.82) is 0 Å². The molecule has 1 N–H and O–H groups in total. The van der Waals surface area contributed by atoms with Gasteiger partial charge < -0.3 is 21.9 Å². The van der Waals surface area contributed by atoms with Gasteiger partial charge in [0, 0.05) is 11.1 Å². The topological polar surface area (TPSA) is 4.44 Å². The summed E-state index contributed by atoms with van der Waals surface area (Å²) >= 11 is 0. The van der Waals surface area contributed by atoms with Crippen molar-refractivity contribution >= 4 is 0 Å². The van der Waals surface area contributed by atoms with Crippen LogP contribution in [0.5, 0.6) is 0 Å². The summed E-state index contributed by atoms with van der Waals surface area (Å²) < 4.78 is 0. The maximum atomic E-state index is 2.29. The number of hydrogen-bond acceptors (Lipinski definition) is 0. The number of halogens is 1. The minimum absolute atomic E-state index is 0. The third kappa shape index (κ3) is 12.9. The number of quaternary nitrogens is 1. The van der Waals surface area contributed by atoms with E-state index in [2.05, 4.69) is 67.6 Å². The highest BCUT2D eigenvalue weighted by molar-refractivity contribution is 5.14. The first-order chi connectivity index (χ1) is 13.9. The van der Waals surface area contributed by atoms with Crippen LogP contribution in [0.3, 0.4) is 0 Å². The van der Waals surface area contributed by atoms with Crippen molar-refractivity contribution in [2.45, 2.75) is 90.6 Å². The number of nitrogens with one attached hydrogen (secondary N) is 1. The van der Waals surface area contributed by atoms with Gasteiger partial charge in [0.2, 0.25) is 0 Å². The standard InChI is InChI=1S/C27H41N.BrH/c1-2-3-4-5-6-7-8-9-10-11-18-23-28(24-26-19-14-12-15-20-26)25-27-21-16-13-17-22-27;/h12-17,19-22H,2-11,18,23-25H2,1H3;1H. The summed E-state index contributed by atoms with van der Waals surface area (Å²) in [4.78, 5) is 1.69. The van der Waals surface area contributed by atoms with E-state index < -0.39 is 0 Å². The van der Waals surface area contributed by atoms with Crippen LogP contribution < -0.4 is 21.9 Å². The number of unbranched alkanes of at least 4 members (excludes halogenated alkanes) is 10. The summed E-state index contributed by atoms with van der Waals surface area (Å²) in [5.41, 5.74) is 2.91. The van der Waals surface area contributed by atoms with Crippen molar-refractivity contribution in [3.8, 4) is 0 Å². The maximum Gasteiger partial charge on any atom is 0.103 e. The minimum atomic E-state index is 0. The second-order valence-corrected chi connectivity index (χ2v) is 8.36. The largest absolute Gasteiger partial charge is 1.00 e. The molecule has 0 atom stereocenters. The van der Waals surface area contributed by atoms with E-state index in [1.807, 2.05) is 0 Å². The van der Waals surface area contributed by atoms with Gasteiger partial charge in [-0.3, -0.25) is 0 Å². The van der Waals surface area contributed by atoms with Crippen LogP contribution in [-0.2, 0) is 13.1 Å². The minimum Gasteiger partial charge on any atom is -1.00 e. The van der Waals surface area contributed by atoms with Crippen LogP contribution in [0.25, 0.3) is 0 Å². The molecule has 2 aromatic carbocycles. The summed E-state index contributed by atoms with van der Waals surface area (Å²) in [6.45, 7) is 5.84. The predicted octanol–water partition coefficient (Wildman–Crippen LogP) is 3.59. The monoisotopic (exact) mass is 459 g/mol. The van der Waals surface area contributed by atoms with Gasteiger partial charge in [-0.05, 0) is 12.8 Å². The molecular formula is C27H42BrN. The Bertz CT molecular complexity index is 543. The molecule has 1 nitrogen and oxygen atoms in total. The van der Waals surface area contributed by atoms with E-state index in [1.54, 1.807) is 4.90 Å². The Morgan fingerprint density at radius 1 is 0.517 bits per heavy atom. The molecular weight excluding hydrogens is 418 g/mol. The summed E-state index contributed by atoms with van der Waals surface area (Å²) in [6.07, 6.45) is 15.6. The quantitative estimate of drug-likeness (QED) is 0.365. The smallest absolute Gasteiger partial charge is 0.103 e. The van der Waals surface area contributed by atoms with E-state index in [-0.39, 0.29) is 17.0 Å². The van der Waals surface area contributed by atoms with Crippen LogP contribution in [0.15, 0.2) is 60.7 Å². The van der Waals surface area contributed by atoms with E-state index in [4.69, 9.17) is 0 Å². The Balaban J connectivity index is 0.00000420. The molecule has 0 saturated carbocycles. The third-order valence-corrected chi connectivity index (χ3v) is 5.73. The van der Waals surface area contributed by atoms with Gasteiger partial charge in [-0.2, -0.15) is 0 Å². The zero-order valence-corrected chi connectivity index (χ0v) is 20.1. The van der Waals surface area contributed by atoms with Crippen molar-refractivity contribution in [2.75, 3.05) is 6.54 Å². The van der Waals surface area contributed by atoms with Crippen LogP contribution in [0.1, 0.15) is 88.7 Å². The molecule has 2 heteroatoms. The lowest BCUT2D eigenvalue weighted by atomic mass is 10.1. The van der Waals surface area contributed by atoms with Crippen molar-refractivity contribution in [3.05, 3.63) is 71.8 Å². The van der Waals surface area contributed by atoms with Crippen molar-refractivity contribution < 1.29 is 21.9 Å². The molecule has 0 saturated heterocycles. The first kappa shape index (κ1) is 25.9. The van der Waals surface area contributed by atoms with Crippen molar-refractivity contribution in [1.82, 2.24) is 0 Å². The molecule has 162 valence electrons. The molecule has 0 aliphatic heterocycles. The molecule has 2 rings (SSSR count). The second-order valence-electron chi connectivity index (χ2n) is 8.36. The van der Waals surface area contributed by atoms with E-state index in [0.717, 1.165) is 13.1 Å². The van der Waals surface area contributed by atoms with Crippen LogP contribution in [0.2, 0.25) is 0 Å². The Labute approximate surface area is 190 Å². The molecule has 29 heavy (non-hydrogen) atoms. The van der Waals surface area contributed by atoms with E-state index in [1.165, 1.54) is 88.3 Å². The second kappa shape index (κ2) is 17.7. The SMILES string of the molecule is CCCCCCCCCCCCC[NH+](Cc1ccccc1)Cc1ccccc1.[Br-]. The van der Waals surface area contributed by atoms with Crippen LogP contribution in [0, 0.1) is 0 Å². The highest BCUT2D eigenvalue weighted by Crippen LogP contribution is 2.11. The van der Waals surface area contributed by atoms with Gasteiger partial charge in [-0.15, -0.1) is 0 Å². The Morgan fingerprint density at radius 3 is 1.31 bits per heavy atom. The summed E-state index contributed by atoms with van der Waals surface area (Å²) in [5.74, 6) is 0. The first-order valence-corrected chi connectivity index (χ1v) is 11.8. The third-order valence-electron chi connectivity index (χ3n) is 5.73. The fourth-order valence-electron chi connectivity index (χ4n) is 4.05. The molecule has 0 aliphatic rings. The molecule has 2 aromatic rings. The fraction of sp³-hybridized carbons (Fsp3) is 0.556. The number of hydrogen-bond donors (Lipinski definition) is 1. The summed E-state index contributed by atoms with van der Waals surface area (Å²) in [5, 5.41) is 0. The number of benzene rings is 2. The highest BCUT2D eigenvalue weighted by Gasteiger charge is 2.10. The lowest BCUT2D eigenvalue weighted by molar-refractivity contribution is -0.927. The number of rotatable bonds is 16. The van der Waals surface area contributed by atoms with Gasteiger partial charge in [-0.25, -0.2) is 0 Å². The van der Waals surface area contributed by atoms with Crippen molar-refractivity contribution in [3.63, 3.8) is 0 Å². The van der Waals surface area contributed by atoms with E-state index in [0.29, 0.717) is 0 Å². The van der Waals surface area contributed by atoms with Crippen LogP contribution in [-0.4, -0.2) is 6.54 Å². The summed E-state index contributed by atoms with van der Waals surface area (Å²) in [7, 11) is 0. The maximum absolute atomic E-state index is 2.29. The lowest BCUT2D eigenvalue weighted by Gasteiger charge is -2.20. The van der Waals surface area contributed by atoms with Crippen molar-refractivity contribution in [2.24, 2.45) is 0 Å². The Kier molecular flexibility index (Phi) is 15.8. The summed E-state index contributed by atoms with van der Waals surface area (Å²) in [6, 6.07) is 22.0. The molecule has 0 unspecified atom stereocenters. The zero-order valence-electron chi connectivity index (χ0n) is 18.6. The van der Waals surface area contributed by atoms with Crippen LogP contribution >= 0.6 is 0 Å². The average Bonchev–Trinajstić information content (AvgIpc) is 2.73. The average molecular weight is 461 g/mol. The van der Waals surface area contributed by atoms with Gasteiger partial charge in [0.05, 0.1) is 6.54 Å². The van der Waals surface area contributed by atoms with Gasteiger partial charge in [0.15, 0.2) is 0 Å². The van der Waals surface area contributed by atoms with E-state index >= 15 is 0 Å². The van der Waals surface area contributed by atoms with Gasteiger partial charge in [-0.1, -0.05) is 125 Å². The van der Waals surface area contributed by atoms with Gasteiger partial charge >= 0.3 is 0 Å². The molecule has 0 bridgehead atoms. The fourth-order valence-corrected chi connectivity index (χ4v) is 4.05. The molecule has 0 aromatic heterocycles. The Hall–Kier alpha value is -1.12. The molecule has 0 fully saturated rings. The molecule has 0 spiro atoms. The molecule has 0 radical (unpaired) electrons. The van der Waals surface area contributed by atoms with Crippen LogP contribution in [0.4, 0.5) is 0 Å². The Morgan fingerprint density at radius 2 is 0.897 bits per heavy atom. The lowest BCUT2D eigenvalue weighted by Crippen LogP contribution is -3.09. The normalized spacial score (nSPS) is 10.8. The molecule has 0 aliphatic carbocycles. The van der Waals surface area contributed by atoms with Gasteiger partial charge in [0.1, 0.15) is 13.1 Å².